The van der Waals surface area contributed by atoms with Crippen LogP contribution in [-0.4, -0.2) is 4.98 Å². The molecule has 0 fully saturated rings. The smallest absolute Gasteiger partial charge is 0.222 e. The van der Waals surface area contributed by atoms with Gasteiger partial charge in [-0.15, -0.1) is 0 Å². The minimum Gasteiger partial charge on any atom is -0.439 e. The minimum absolute atomic E-state index is 0.530. The van der Waals surface area contributed by atoms with Crippen LogP contribution in [0.25, 0.3) is 0 Å². The van der Waals surface area contributed by atoms with Crippen LogP contribution >= 0.6 is 39.1 Å². The molecule has 2 rings (SSSR count). The zero-order valence-electron chi connectivity index (χ0n) is 8.88. The van der Waals surface area contributed by atoms with Crippen molar-refractivity contribution in [3.8, 4) is 11.6 Å². The third kappa shape index (κ3) is 3.35. The molecule has 2 nitrogen and oxygen atoms in total. The summed E-state index contributed by atoms with van der Waals surface area (Å²) in [6, 6.07) is 6.96. The first-order chi connectivity index (χ1) is 8.04. The number of hydrogen-bond donors (Lipinski definition) is 0. The fourth-order valence-electron chi connectivity index (χ4n) is 1.33. The second kappa shape index (κ2) is 5.25. The van der Waals surface area contributed by atoms with Gasteiger partial charge in [0, 0.05) is 26.3 Å². The first-order valence-corrected chi connectivity index (χ1v) is 6.35. The largest absolute Gasteiger partial charge is 0.439 e. The van der Waals surface area contributed by atoms with Crippen molar-refractivity contribution in [2.75, 3.05) is 0 Å². The Morgan fingerprint density at radius 3 is 2.35 bits per heavy atom. The van der Waals surface area contributed by atoms with Crippen LogP contribution in [0.3, 0.4) is 0 Å². The van der Waals surface area contributed by atoms with E-state index < -0.39 is 0 Å². The molecule has 1 heterocycles. The lowest BCUT2D eigenvalue weighted by atomic mass is 10.3. The van der Waals surface area contributed by atoms with E-state index >= 15 is 0 Å². The molecule has 0 spiro atoms. The van der Waals surface area contributed by atoms with Gasteiger partial charge in [0.1, 0.15) is 5.75 Å². The van der Waals surface area contributed by atoms with Crippen LogP contribution < -0.4 is 4.74 Å². The molecule has 1 aromatic heterocycles. The van der Waals surface area contributed by atoms with Crippen molar-refractivity contribution in [2.45, 2.75) is 6.92 Å². The van der Waals surface area contributed by atoms with Gasteiger partial charge in [-0.3, -0.25) is 0 Å². The Kier molecular flexibility index (Phi) is 3.92. The summed E-state index contributed by atoms with van der Waals surface area (Å²) >= 11 is 15.1. The predicted octanol–water partition coefficient (Wildman–Crippen LogP) is 5.25. The van der Waals surface area contributed by atoms with Gasteiger partial charge in [-0.1, -0.05) is 23.2 Å². The summed E-state index contributed by atoms with van der Waals surface area (Å²) in [7, 11) is 0. The molecule has 0 saturated heterocycles. The van der Waals surface area contributed by atoms with Crippen molar-refractivity contribution in [1.29, 1.82) is 0 Å². The summed E-state index contributed by atoms with van der Waals surface area (Å²) in [5.74, 6) is 1.10. The number of benzene rings is 1. The Labute approximate surface area is 118 Å². The number of aryl methyl sites for hydroxylation is 1. The molecule has 0 atom stereocenters. The van der Waals surface area contributed by atoms with Crippen molar-refractivity contribution in [3.63, 3.8) is 0 Å². The van der Waals surface area contributed by atoms with Crippen LogP contribution in [0.1, 0.15) is 5.56 Å². The van der Waals surface area contributed by atoms with Gasteiger partial charge in [-0.05, 0) is 47.1 Å². The van der Waals surface area contributed by atoms with Crippen LogP contribution in [0, 0.1) is 6.92 Å². The van der Waals surface area contributed by atoms with E-state index in [4.69, 9.17) is 27.9 Å². The second-order valence-corrected chi connectivity index (χ2v) is 5.27. The molecule has 0 radical (unpaired) electrons. The summed E-state index contributed by atoms with van der Waals surface area (Å²) < 4.78 is 6.53. The van der Waals surface area contributed by atoms with Crippen LogP contribution in [0.5, 0.6) is 11.6 Å². The van der Waals surface area contributed by atoms with Gasteiger partial charge in [0.2, 0.25) is 5.88 Å². The highest BCUT2D eigenvalue weighted by molar-refractivity contribution is 9.10. The van der Waals surface area contributed by atoms with Crippen LogP contribution in [0.15, 0.2) is 34.9 Å². The number of nitrogens with zero attached hydrogens (tertiary/aromatic N) is 1. The Morgan fingerprint density at radius 2 is 1.76 bits per heavy atom. The van der Waals surface area contributed by atoms with E-state index in [0.717, 1.165) is 10.0 Å². The molecule has 0 saturated carbocycles. The molecular weight excluding hydrogens is 325 g/mol. The van der Waals surface area contributed by atoms with Crippen molar-refractivity contribution in [3.05, 3.63) is 50.5 Å². The molecular formula is C12H8BrCl2NO. The molecule has 0 amide bonds. The normalized spacial score (nSPS) is 10.4. The maximum Gasteiger partial charge on any atom is 0.222 e. The summed E-state index contributed by atoms with van der Waals surface area (Å²) in [6.45, 7) is 1.92. The predicted molar refractivity (Wildman–Crippen MR) is 73.2 cm³/mol. The summed E-state index contributed by atoms with van der Waals surface area (Å²) in [6.07, 6.45) is 1.68. The molecule has 2 aromatic rings. The molecule has 0 N–H and O–H groups in total. The third-order valence-electron chi connectivity index (χ3n) is 2.05. The zero-order valence-corrected chi connectivity index (χ0v) is 12.0. The number of rotatable bonds is 2. The van der Waals surface area contributed by atoms with Gasteiger partial charge in [0.15, 0.2) is 0 Å². The van der Waals surface area contributed by atoms with Gasteiger partial charge < -0.3 is 4.74 Å². The van der Waals surface area contributed by atoms with E-state index in [9.17, 15) is 0 Å². The van der Waals surface area contributed by atoms with E-state index in [1.807, 2.05) is 13.0 Å². The lowest BCUT2D eigenvalue weighted by molar-refractivity contribution is 0.459. The highest BCUT2D eigenvalue weighted by Crippen LogP contribution is 2.29. The van der Waals surface area contributed by atoms with Gasteiger partial charge >= 0.3 is 0 Å². The molecule has 0 bridgehead atoms. The Bertz CT molecular complexity index is 540. The Balaban J connectivity index is 2.31. The topological polar surface area (TPSA) is 22.1 Å². The minimum atomic E-state index is 0.530. The molecule has 0 aliphatic rings. The van der Waals surface area contributed by atoms with Gasteiger partial charge in [0.05, 0.1) is 0 Å². The van der Waals surface area contributed by atoms with Crippen molar-refractivity contribution in [1.82, 2.24) is 4.98 Å². The average molecular weight is 333 g/mol. The van der Waals surface area contributed by atoms with Gasteiger partial charge in [-0.25, -0.2) is 4.98 Å². The fourth-order valence-corrected chi connectivity index (χ4v) is 2.29. The van der Waals surface area contributed by atoms with Crippen molar-refractivity contribution >= 4 is 39.1 Å². The first-order valence-electron chi connectivity index (χ1n) is 4.81. The highest BCUT2D eigenvalue weighted by atomic mass is 79.9. The maximum absolute atomic E-state index is 5.89. The molecule has 5 heteroatoms. The standard InChI is InChI=1S/C12H8BrCl2NO/c1-7-2-8(13)6-16-12(7)17-11-4-9(14)3-10(15)5-11/h2-6H,1H3. The Hall–Kier alpha value is -0.770. The third-order valence-corrected chi connectivity index (χ3v) is 2.92. The van der Waals surface area contributed by atoms with Gasteiger partial charge in [-0.2, -0.15) is 0 Å². The van der Waals surface area contributed by atoms with Crippen molar-refractivity contribution < 1.29 is 4.74 Å². The Morgan fingerprint density at radius 1 is 1.12 bits per heavy atom. The van der Waals surface area contributed by atoms with Crippen molar-refractivity contribution in [2.24, 2.45) is 0 Å². The number of halogens is 3. The zero-order chi connectivity index (χ0) is 12.4. The molecule has 88 valence electrons. The summed E-state index contributed by atoms with van der Waals surface area (Å²) in [5.41, 5.74) is 0.926. The van der Waals surface area contributed by atoms with Crippen LogP contribution in [0.2, 0.25) is 10.0 Å². The monoisotopic (exact) mass is 331 g/mol. The molecule has 0 aliphatic heterocycles. The number of aromatic nitrogens is 1. The van der Waals surface area contributed by atoms with Gasteiger partial charge in [0.25, 0.3) is 0 Å². The molecule has 1 aromatic carbocycles. The lowest BCUT2D eigenvalue weighted by Gasteiger charge is -2.08. The van der Waals surface area contributed by atoms with E-state index in [-0.39, 0.29) is 0 Å². The first kappa shape index (κ1) is 12.7. The van der Waals surface area contributed by atoms with E-state index in [0.29, 0.717) is 21.7 Å². The summed E-state index contributed by atoms with van der Waals surface area (Å²) in [5, 5.41) is 1.06. The molecule has 17 heavy (non-hydrogen) atoms. The van der Waals surface area contributed by atoms with E-state index in [1.54, 1.807) is 24.4 Å². The summed E-state index contributed by atoms with van der Waals surface area (Å²) in [4.78, 5) is 4.18. The van der Waals surface area contributed by atoms with Crippen LogP contribution in [0.4, 0.5) is 0 Å². The fraction of sp³-hybridized carbons (Fsp3) is 0.0833. The molecule has 0 aliphatic carbocycles. The van der Waals surface area contributed by atoms with E-state index in [2.05, 4.69) is 20.9 Å². The SMILES string of the molecule is Cc1cc(Br)cnc1Oc1cc(Cl)cc(Cl)c1. The van der Waals surface area contributed by atoms with Crippen LogP contribution in [-0.2, 0) is 0 Å². The maximum atomic E-state index is 5.89. The molecule has 0 unspecified atom stereocenters. The van der Waals surface area contributed by atoms with E-state index in [1.165, 1.54) is 0 Å². The number of ether oxygens (including phenoxy) is 1. The quantitative estimate of drug-likeness (QED) is 0.749. The number of hydrogen-bond acceptors (Lipinski definition) is 2. The number of pyridine rings is 1. The highest BCUT2D eigenvalue weighted by Gasteiger charge is 2.05. The lowest BCUT2D eigenvalue weighted by Crippen LogP contribution is -1.91. The average Bonchev–Trinajstić information content (AvgIpc) is 2.21. The second-order valence-electron chi connectivity index (χ2n) is 3.48.